The Balaban J connectivity index is 1.33. The van der Waals surface area contributed by atoms with Crippen molar-refractivity contribution in [1.29, 1.82) is 0 Å². The average Bonchev–Trinajstić information content (AvgIpc) is 3.39. The van der Waals surface area contributed by atoms with E-state index >= 15 is 0 Å². The second kappa shape index (κ2) is 8.71. The molecule has 0 amide bonds. The van der Waals surface area contributed by atoms with E-state index in [0.29, 0.717) is 33.6 Å². The lowest BCUT2D eigenvalue weighted by Crippen LogP contribution is -2.49. The van der Waals surface area contributed by atoms with Gasteiger partial charge in [0.15, 0.2) is 4.96 Å². The van der Waals surface area contributed by atoms with Crippen LogP contribution in [-0.2, 0) is 10.2 Å². The van der Waals surface area contributed by atoms with Gasteiger partial charge in [0.1, 0.15) is 34.9 Å². The molecule has 0 aliphatic heterocycles. The van der Waals surface area contributed by atoms with E-state index in [9.17, 15) is 13.6 Å². The number of nitrogens with one attached hydrogen (secondary N) is 1. The van der Waals surface area contributed by atoms with Gasteiger partial charge in [-0.2, -0.15) is 0 Å². The van der Waals surface area contributed by atoms with Gasteiger partial charge in [-0.3, -0.25) is 9.38 Å². The molecular weight excluding hydrogens is 462 g/mol. The number of esters is 1. The van der Waals surface area contributed by atoms with Crippen LogP contribution < -0.4 is 5.32 Å². The largest absolute Gasteiger partial charge is 0.461 e. The number of hydrogen-bond donors (Lipinski definition) is 1. The van der Waals surface area contributed by atoms with Gasteiger partial charge in [-0.05, 0) is 51.0 Å². The lowest BCUT2D eigenvalue weighted by Gasteiger charge is -2.44. The van der Waals surface area contributed by atoms with Crippen LogP contribution in [-0.4, -0.2) is 49.9 Å². The summed E-state index contributed by atoms with van der Waals surface area (Å²) in [5.74, 6) is -0.363. The smallest absolute Gasteiger partial charge is 0.356 e. The Labute approximate surface area is 198 Å². The first-order chi connectivity index (χ1) is 16.4. The minimum absolute atomic E-state index is 0.201. The van der Waals surface area contributed by atoms with Crippen molar-refractivity contribution in [3.63, 3.8) is 0 Å². The van der Waals surface area contributed by atoms with Gasteiger partial charge in [0.25, 0.3) is 0 Å². The van der Waals surface area contributed by atoms with E-state index in [0.717, 1.165) is 0 Å². The van der Waals surface area contributed by atoms with Crippen molar-refractivity contribution >= 4 is 28.1 Å². The molecule has 34 heavy (non-hydrogen) atoms. The highest BCUT2D eigenvalue weighted by atomic mass is 32.1. The van der Waals surface area contributed by atoms with Gasteiger partial charge < -0.3 is 10.1 Å². The number of fused-ring (bicyclic) bond motifs is 1. The second-order valence-corrected chi connectivity index (χ2v) is 9.18. The quantitative estimate of drug-likeness (QED) is 0.390. The van der Waals surface area contributed by atoms with Gasteiger partial charge in [0.05, 0.1) is 12.3 Å². The predicted molar refractivity (Wildman–Crippen MR) is 123 cm³/mol. The number of anilines is 1. The number of alkyl halides is 1. The molecule has 4 aromatic heterocycles. The number of halogens is 2. The van der Waals surface area contributed by atoms with E-state index in [-0.39, 0.29) is 31.7 Å². The molecule has 4 aromatic rings. The zero-order chi connectivity index (χ0) is 23.9. The molecule has 0 spiro atoms. The highest BCUT2D eigenvalue weighted by molar-refractivity contribution is 7.15. The molecule has 1 N–H and O–H groups in total. The number of aryl methyl sites for hydroxylation is 1. The summed E-state index contributed by atoms with van der Waals surface area (Å²) in [5, 5.41) is 13.3. The van der Waals surface area contributed by atoms with Crippen molar-refractivity contribution in [2.45, 2.75) is 38.3 Å². The van der Waals surface area contributed by atoms with Crippen LogP contribution in [0.5, 0.6) is 0 Å². The van der Waals surface area contributed by atoms with E-state index in [2.05, 4.69) is 25.5 Å². The van der Waals surface area contributed by atoms with E-state index in [4.69, 9.17) is 4.74 Å². The van der Waals surface area contributed by atoms with E-state index in [1.165, 1.54) is 17.4 Å². The van der Waals surface area contributed by atoms with Gasteiger partial charge in [0, 0.05) is 29.2 Å². The Hall–Kier alpha value is -3.47. The Morgan fingerprint density at radius 2 is 2.06 bits per heavy atom. The van der Waals surface area contributed by atoms with Crippen LogP contribution >= 0.6 is 11.3 Å². The molecule has 1 aliphatic rings. The first kappa shape index (κ1) is 22.3. The SMILES string of the molecule is CCOC(=O)c1csc2nc(-c3ccc(NC[C@]4(c5nc(C)ccc5F)C[C@H](F)C4)nn3)cn12. The topological polar surface area (TPSA) is 94.3 Å². The highest BCUT2D eigenvalue weighted by Gasteiger charge is 2.48. The molecule has 0 saturated heterocycles. The molecule has 11 heteroatoms. The van der Waals surface area contributed by atoms with Crippen molar-refractivity contribution < 1.29 is 18.3 Å². The van der Waals surface area contributed by atoms with E-state index in [1.807, 2.05) is 0 Å². The number of thiazole rings is 1. The summed E-state index contributed by atoms with van der Waals surface area (Å²) in [4.78, 5) is 21.6. The molecule has 0 unspecified atom stereocenters. The second-order valence-electron chi connectivity index (χ2n) is 8.35. The lowest BCUT2D eigenvalue weighted by atomic mass is 9.65. The maximum atomic E-state index is 14.5. The summed E-state index contributed by atoms with van der Waals surface area (Å²) in [5.41, 5.74) is 1.75. The van der Waals surface area contributed by atoms with Gasteiger partial charge in [-0.15, -0.1) is 21.5 Å². The minimum atomic E-state index is -0.980. The van der Waals surface area contributed by atoms with Crippen LogP contribution in [0.2, 0.25) is 0 Å². The molecule has 4 heterocycles. The van der Waals surface area contributed by atoms with Crippen LogP contribution in [0.4, 0.5) is 14.6 Å². The number of hydrogen-bond acceptors (Lipinski definition) is 8. The summed E-state index contributed by atoms with van der Waals surface area (Å²) >= 11 is 1.33. The maximum Gasteiger partial charge on any atom is 0.356 e. The fourth-order valence-electron chi connectivity index (χ4n) is 4.20. The molecule has 0 atom stereocenters. The molecule has 1 fully saturated rings. The van der Waals surface area contributed by atoms with Crippen LogP contribution in [0.3, 0.4) is 0 Å². The summed E-state index contributed by atoms with van der Waals surface area (Å²) in [6.07, 6.45) is 1.14. The fourth-order valence-corrected chi connectivity index (χ4v) is 5.05. The number of imidazole rings is 1. The minimum Gasteiger partial charge on any atom is -0.461 e. The molecule has 8 nitrogen and oxygen atoms in total. The van der Waals surface area contributed by atoms with Crippen molar-refractivity contribution in [2.75, 3.05) is 18.5 Å². The van der Waals surface area contributed by atoms with Gasteiger partial charge >= 0.3 is 5.97 Å². The molecule has 0 aromatic carbocycles. The molecule has 0 bridgehead atoms. The molecule has 1 aliphatic carbocycles. The van der Waals surface area contributed by atoms with Crippen LogP contribution in [0.15, 0.2) is 35.8 Å². The molecule has 0 radical (unpaired) electrons. The summed E-state index contributed by atoms with van der Waals surface area (Å²) < 4.78 is 35.1. The summed E-state index contributed by atoms with van der Waals surface area (Å²) in [7, 11) is 0. The molecular formula is C23H22F2N6O2S. The summed E-state index contributed by atoms with van der Waals surface area (Å²) in [6.45, 7) is 4.12. The van der Waals surface area contributed by atoms with Crippen molar-refractivity contribution in [2.24, 2.45) is 0 Å². The Morgan fingerprint density at radius 1 is 1.24 bits per heavy atom. The fraction of sp³-hybridized carbons (Fsp3) is 0.348. The number of carbonyl (C=O) groups excluding carboxylic acids is 1. The number of nitrogens with zero attached hydrogens (tertiary/aromatic N) is 5. The third-order valence-electron chi connectivity index (χ3n) is 5.94. The molecule has 176 valence electrons. The Morgan fingerprint density at radius 3 is 2.76 bits per heavy atom. The van der Waals surface area contributed by atoms with Gasteiger partial charge in [0.2, 0.25) is 0 Å². The van der Waals surface area contributed by atoms with Crippen LogP contribution in [0, 0.1) is 12.7 Å². The van der Waals surface area contributed by atoms with Crippen molar-refractivity contribution in [3.05, 3.63) is 58.7 Å². The average molecular weight is 485 g/mol. The monoisotopic (exact) mass is 484 g/mol. The predicted octanol–water partition coefficient (Wildman–Crippen LogP) is 4.35. The van der Waals surface area contributed by atoms with Gasteiger partial charge in [-0.1, -0.05) is 0 Å². The normalized spacial score (nSPS) is 19.7. The Bertz CT molecular complexity index is 1350. The number of rotatable bonds is 7. The third-order valence-corrected chi connectivity index (χ3v) is 6.78. The maximum absolute atomic E-state index is 14.5. The first-order valence-corrected chi connectivity index (χ1v) is 11.8. The highest BCUT2D eigenvalue weighted by Crippen LogP contribution is 2.45. The number of pyridine rings is 1. The molecule has 1 saturated carbocycles. The summed E-state index contributed by atoms with van der Waals surface area (Å²) in [6, 6.07) is 6.47. The van der Waals surface area contributed by atoms with E-state index in [1.54, 1.807) is 48.0 Å². The van der Waals surface area contributed by atoms with Crippen LogP contribution in [0.25, 0.3) is 16.3 Å². The Kier molecular flexibility index (Phi) is 5.72. The first-order valence-electron chi connectivity index (χ1n) is 10.9. The zero-order valence-corrected chi connectivity index (χ0v) is 19.4. The number of ether oxygens (including phenoxy) is 1. The number of aromatic nitrogens is 5. The van der Waals surface area contributed by atoms with Crippen molar-refractivity contribution in [3.8, 4) is 11.4 Å². The van der Waals surface area contributed by atoms with Crippen LogP contribution in [0.1, 0.15) is 41.6 Å². The number of carbonyl (C=O) groups is 1. The third kappa shape index (κ3) is 4.00. The van der Waals surface area contributed by atoms with Crippen molar-refractivity contribution in [1.82, 2.24) is 24.6 Å². The molecule has 5 rings (SSSR count). The lowest BCUT2D eigenvalue weighted by molar-refractivity contribution is 0.0518. The van der Waals surface area contributed by atoms with E-state index < -0.39 is 23.4 Å². The zero-order valence-electron chi connectivity index (χ0n) is 18.6. The standard InChI is InChI=1S/C23H22F2N6O2S/c1-3-33-21(32)18-11-34-22-28-17(10-31(18)22)16-6-7-19(30-29-16)26-12-23(8-14(24)9-23)20-15(25)5-4-13(2)27-20/h4-7,10-11,14H,3,8-9,12H2,1-2H3,(H,26,30)/t14-,23-. The van der Waals surface area contributed by atoms with Gasteiger partial charge in [-0.25, -0.2) is 18.6 Å².